The van der Waals surface area contributed by atoms with Crippen molar-refractivity contribution < 1.29 is 4.79 Å². The van der Waals surface area contributed by atoms with Gasteiger partial charge in [0.2, 0.25) is 0 Å². The van der Waals surface area contributed by atoms with Gasteiger partial charge in [-0.2, -0.15) is 0 Å². The molecule has 1 nitrogen and oxygen atoms in total. The van der Waals surface area contributed by atoms with Gasteiger partial charge in [0.15, 0.2) is 5.78 Å². The van der Waals surface area contributed by atoms with Crippen LogP contribution >= 0.6 is 22.9 Å². The molecule has 0 amide bonds. The van der Waals surface area contributed by atoms with E-state index >= 15 is 0 Å². The summed E-state index contributed by atoms with van der Waals surface area (Å²) in [5, 5.41) is 0. The zero-order valence-corrected chi connectivity index (χ0v) is 11.4. The molecule has 0 fully saturated rings. The molecule has 17 heavy (non-hydrogen) atoms. The molecule has 0 unspecified atom stereocenters. The molecular weight excluding hydrogens is 252 g/mol. The van der Waals surface area contributed by atoms with Gasteiger partial charge in [0.05, 0.1) is 4.34 Å². The lowest BCUT2D eigenvalue weighted by Gasteiger charge is -2.07. The monoisotopic (exact) mass is 264 g/mol. The number of hydrogen-bond acceptors (Lipinski definition) is 2. The van der Waals surface area contributed by atoms with Crippen LogP contribution in [0, 0.1) is 13.8 Å². The normalized spacial score (nSPS) is 10.5. The minimum absolute atomic E-state index is 0.166. The number of aryl methyl sites for hydroxylation is 2. The minimum Gasteiger partial charge on any atom is -0.294 e. The van der Waals surface area contributed by atoms with Crippen LogP contribution in [-0.2, 0) is 6.42 Å². The van der Waals surface area contributed by atoms with E-state index in [1.165, 1.54) is 11.3 Å². The molecule has 0 saturated heterocycles. The fourth-order valence-corrected chi connectivity index (χ4v) is 3.03. The van der Waals surface area contributed by atoms with Gasteiger partial charge in [0.1, 0.15) is 0 Å². The smallest absolute Gasteiger partial charge is 0.168 e. The first-order valence-electron chi connectivity index (χ1n) is 5.41. The highest BCUT2D eigenvalue weighted by atomic mass is 35.5. The largest absolute Gasteiger partial charge is 0.294 e. The number of carbonyl (C=O) groups is 1. The summed E-state index contributed by atoms with van der Waals surface area (Å²) in [6.45, 7) is 3.95. The van der Waals surface area contributed by atoms with Gasteiger partial charge in [-0.05, 0) is 37.1 Å². The van der Waals surface area contributed by atoms with Crippen LogP contribution < -0.4 is 0 Å². The first-order valence-corrected chi connectivity index (χ1v) is 6.61. The standard InChI is InChI=1S/C14H13ClOS/c1-9-4-3-5-10(2)14(9)12(16)8-11-6-7-13(15)17-11/h3-7H,8H2,1-2H3. The van der Waals surface area contributed by atoms with E-state index in [-0.39, 0.29) is 5.78 Å². The van der Waals surface area contributed by atoms with Crippen LogP contribution in [0.1, 0.15) is 26.4 Å². The predicted molar refractivity (Wildman–Crippen MR) is 73.3 cm³/mol. The quantitative estimate of drug-likeness (QED) is 0.749. The molecule has 0 radical (unpaired) electrons. The van der Waals surface area contributed by atoms with Crippen molar-refractivity contribution >= 4 is 28.7 Å². The summed E-state index contributed by atoms with van der Waals surface area (Å²) in [6.07, 6.45) is 0.434. The number of halogens is 1. The Morgan fingerprint density at radius 3 is 2.35 bits per heavy atom. The Morgan fingerprint density at radius 1 is 1.18 bits per heavy atom. The van der Waals surface area contributed by atoms with E-state index in [4.69, 9.17) is 11.6 Å². The van der Waals surface area contributed by atoms with Gasteiger partial charge in [-0.25, -0.2) is 0 Å². The zero-order chi connectivity index (χ0) is 12.4. The maximum absolute atomic E-state index is 12.2. The van der Waals surface area contributed by atoms with Gasteiger partial charge in [-0.1, -0.05) is 29.8 Å². The average Bonchev–Trinajstić information content (AvgIpc) is 2.63. The molecular formula is C14H13ClOS. The molecule has 1 aromatic heterocycles. The molecule has 2 rings (SSSR count). The molecule has 0 spiro atoms. The lowest BCUT2D eigenvalue weighted by atomic mass is 9.97. The van der Waals surface area contributed by atoms with Crippen LogP contribution in [0.2, 0.25) is 4.34 Å². The number of hydrogen-bond donors (Lipinski definition) is 0. The lowest BCUT2D eigenvalue weighted by molar-refractivity contribution is 0.0992. The van der Waals surface area contributed by atoms with Gasteiger partial charge in [0.25, 0.3) is 0 Å². The van der Waals surface area contributed by atoms with Crippen molar-refractivity contribution in [3.8, 4) is 0 Å². The molecule has 3 heteroatoms. The Hall–Kier alpha value is -1.12. The van der Waals surface area contributed by atoms with Crippen LogP contribution in [0.3, 0.4) is 0 Å². The van der Waals surface area contributed by atoms with Gasteiger partial charge in [-0.15, -0.1) is 11.3 Å². The van der Waals surface area contributed by atoms with Gasteiger partial charge < -0.3 is 0 Å². The summed E-state index contributed by atoms with van der Waals surface area (Å²) < 4.78 is 0.731. The molecule has 2 aromatic rings. The van der Waals surface area contributed by atoms with Crippen LogP contribution in [-0.4, -0.2) is 5.78 Å². The molecule has 0 aliphatic carbocycles. The molecule has 1 aromatic carbocycles. The highest BCUT2D eigenvalue weighted by molar-refractivity contribution is 7.16. The second-order valence-corrected chi connectivity index (χ2v) is 5.87. The Kier molecular flexibility index (Phi) is 3.65. The lowest BCUT2D eigenvalue weighted by Crippen LogP contribution is -2.06. The topological polar surface area (TPSA) is 17.1 Å². The first-order chi connectivity index (χ1) is 8.08. The van der Waals surface area contributed by atoms with Crippen molar-refractivity contribution in [3.63, 3.8) is 0 Å². The van der Waals surface area contributed by atoms with E-state index in [0.717, 1.165) is 25.9 Å². The highest BCUT2D eigenvalue weighted by Gasteiger charge is 2.13. The second-order valence-electron chi connectivity index (χ2n) is 4.07. The summed E-state index contributed by atoms with van der Waals surface area (Å²) >= 11 is 7.33. The summed E-state index contributed by atoms with van der Waals surface area (Å²) in [5.74, 6) is 0.166. The Balaban J connectivity index is 2.26. The fourth-order valence-electron chi connectivity index (χ4n) is 1.95. The molecule has 0 saturated carbocycles. The molecule has 0 bridgehead atoms. The van der Waals surface area contributed by atoms with Crippen molar-refractivity contribution in [3.05, 3.63) is 56.2 Å². The number of Topliss-reactive ketones (excluding diaryl/α,β-unsaturated/α-hetero) is 1. The zero-order valence-electron chi connectivity index (χ0n) is 9.79. The number of benzene rings is 1. The molecule has 1 heterocycles. The maximum atomic E-state index is 12.2. The fraction of sp³-hybridized carbons (Fsp3) is 0.214. The molecule has 0 N–H and O–H groups in total. The Labute approximate surface area is 110 Å². The van der Waals surface area contributed by atoms with Gasteiger partial charge >= 0.3 is 0 Å². The maximum Gasteiger partial charge on any atom is 0.168 e. The van der Waals surface area contributed by atoms with E-state index in [0.29, 0.717) is 6.42 Å². The Bertz CT molecular complexity index is 537. The average molecular weight is 265 g/mol. The summed E-state index contributed by atoms with van der Waals surface area (Å²) in [4.78, 5) is 13.2. The van der Waals surface area contributed by atoms with Crippen LogP contribution in [0.4, 0.5) is 0 Å². The second kappa shape index (κ2) is 5.03. The molecule has 0 aliphatic heterocycles. The number of rotatable bonds is 3. The minimum atomic E-state index is 0.166. The SMILES string of the molecule is Cc1cccc(C)c1C(=O)Cc1ccc(Cl)s1. The van der Waals surface area contributed by atoms with E-state index in [2.05, 4.69) is 0 Å². The van der Waals surface area contributed by atoms with Crippen molar-refractivity contribution in [1.82, 2.24) is 0 Å². The molecule has 0 aliphatic rings. The van der Waals surface area contributed by atoms with Crippen LogP contribution in [0.5, 0.6) is 0 Å². The summed E-state index contributed by atoms with van der Waals surface area (Å²) in [6, 6.07) is 9.67. The highest BCUT2D eigenvalue weighted by Crippen LogP contribution is 2.24. The molecule has 88 valence electrons. The number of ketones is 1. The van der Waals surface area contributed by atoms with Gasteiger partial charge in [-0.3, -0.25) is 4.79 Å². The van der Waals surface area contributed by atoms with Crippen LogP contribution in [0.15, 0.2) is 30.3 Å². The van der Waals surface area contributed by atoms with Crippen molar-refractivity contribution in [2.45, 2.75) is 20.3 Å². The van der Waals surface area contributed by atoms with Crippen LogP contribution in [0.25, 0.3) is 0 Å². The Morgan fingerprint density at radius 2 is 1.82 bits per heavy atom. The number of carbonyl (C=O) groups excluding carboxylic acids is 1. The summed E-state index contributed by atoms with van der Waals surface area (Å²) in [7, 11) is 0. The van der Waals surface area contributed by atoms with Gasteiger partial charge in [0, 0.05) is 16.9 Å². The van der Waals surface area contributed by atoms with Crippen molar-refractivity contribution in [2.24, 2.45) is 0 Å². The third-order valence-electron chi connectivity index (χ3n) is 2.72. The number of thiophene rings is 1. The van der Waals surface area contributed by atoms with Crippen molar-refractivity contribution in [1.29, 1.82) is 0 Å². The van der Waals surface area contributed by atoms with E-state index in [9.17, 15) is 4.79 Å². The first kappa shape index (κ1) is 12.3. The van der Waals surface area contributed by atoms with Crippen molar-refractivity contribution in [2.75, 3.05) is 0 Å². The molecule has 0 atom stereocenters. The summed E-state index contributed by atoms with van der Waals surface area (Å²) in [5.41, 5.74) is 2.92. The third-order valence-corrected chi connectivity index (χ3v) is 3.95. The van der Waals surface area contributed by atoms with E-state index < -0.39 is 0 Å². The van der Waals surface area contributed by atoms with E-state index in [1.54, 1.807) is 0 Å². The predicted octanol–water partition coefficient (Wildman–Crippen LogP) is 4.44. The third kappa shape index (κ3) is 2.76. The van der Waals surface area contributed by atoms with E-state index in [1.807, 2.05) is 44.2 Å².